The first-order valence-electron chi connectivity index (χ1n) is 9.30. The zero-order valence-electron chi connectivity index (χ0n) is 16.7. The van der Waals surface area contributed by atoms with Crippen molar-refractivity contribution in [2.24, 2.45) is 15.1 Å². The van der Waals surface area contributed by atoms with Gasteiger partial charge in [-0.1, -0.05) is 60.7 Å². The Hall–Kier alpha value is -3.26. The monoisotopic (exact) mass is 425 g/mol. The number of carbonyl (C=O) groups is 2. The Morgan fingerprint density at radius 2 is 1.63 bits per heavy atom. The molecular formula is C22H23N3O4S. The van der Waals surface area contributed by atoms with E-state index in [9.17, 15) is 9.59 Å². The smallest absolute Gasteiger partial charge is 0.335 e. The molecule has 0 bridgehead atoms. The Morgan fingerprint density at radius 3 is 2.13 bits per heavy atom. The molecular weight excluding hydrogens is 402 g/mol. The summed E-state index contributed by atoms with van der Waals surface area (Å²) in [6.45, 7) is 3.29. The highest BCUT2D eigenvalue weighted by atomic mass is 32.2. The molecule has 0 radical (unpaired) electrons. The molecule has 1 heterocycles. The van der Waals surface area contributed by atoms with E-state index in [1.807, 2.05) is 60.7 Å². The standard InChI is InChI=1S/C22H23N3O4S/c1-22(2,25-30-14-17(13-18(26)27)24-21(30)23)20(28)29-19(15-9-5-3-6-10-15)16-11-7-4-8-12-16/h3-12,14,19H,13H2,1-2H3,(H2,23,24)(H,26,27). The minimum absolute atomic E-state index is 0.190. The van der Waals surface area contributed by atoms with Gasteiger partial charge in [0.2, 0.25) is 0 Å². The maximum atomic E-state index is 13.1. The summed E-state index contributed by atoms with van der Waals surface area (Å²) in [6.07, 6.45) is -0.820. The van der Waals surface area contributed by atoms with Gasteiger partial charge in [0, 0.05) is 5.41 Å². The second kappa shape index (κ2) is 9.04. The molecule has 1 aliphatic heterocycles. The van der Waals surface area contributed by atoms with Gasteiger partial charge < -0.3 is 15.6 Å². The molecule has 0 amide bonds. The highest BCUT2D eigenvalue weighted by molar-refractivity contribution is 8.05. The molecule has 3 N–H and O–H groups in total. The average Bonchev–Trinajstić information content (AvgIpc) is 3.04. The van der Waals surface area contributed by atoms with Crippen LogP contribution in [0.5, 0.6) is 0 Å². The molecule has 2 aromatic carbocycles. The normalized spacial score (nSPS) is 16.3. The Kier molecular flexibility index (Phi) is 6.47. The average molecular weight is 426 g/mol. The molecule has 8 heteroatoms. The lowest BCUT2D eigenvalue weighted by molar-refractivity contribution is -0.152. The van der Waals surface area contributed by atoms with Crippen molar-refractivity contribution in [3.05, 3.63) is 82.9 Å². The molecule has 156 valence electrons. The van der Waals surface area contributed by atoms with E-state index in [0.717, 1.165) is 11.1 Å². The number of carbonyl (C=O) groups excluding carboxylic acids is 1. The fourth-order valence-electron chi connectivity index (χ4n) is 2.83. The second-order valence-corrected chi connectivity index (χ2v) is 8.67. The number of hydrogen-bond donors (Lipinski definition) is 2. The number of amidine groups is 1. The maximum absolute atomic E-state index is 13.1. The van der Waals surface area contributed by atoms with E-state index in [2.05, 4.69) is 9.36 Å². The summed E-state index contributed by atoms with van der Waals surface area (Å²) in [7, 11) is -0.986. The summed E-state index contributed by atoms with van der Waals surface area (Å²) in [6, 6.07) is 19.0. The third kappa shape index (κ3) is 5.21. The van der Waals surface area contributed by atoms with Crippen LogP contribution in [0.25, 0.3) is 0 Å². The number of hydrogen-bond acceptors (Lipinski definition) is 6. The number of benzene rings is 2. The Morgan fingerprint density at radius 1 is 1.10 bits per heavy atom. The SMILES string of the molecule is CC(C)(N=S1C=C(CC(=O)O)N=C1N)C(=O)OC(c1ccccc1)c1ccccc1. The van der Waals surface area contributed by atoms with Crippen LogP contribution >= 0.6 is 0 Å². The van der Waals surface area contributed by atoms with Crippen LogP contribution in [0.4, 0.5) is 0 Å². The van der Waals surface area contributed by atoms with Crippen molar-refractivity contribution in [1.29, 1.82) is 0 Å². The molecule has 0 aliphatic carbocycles. The van der Waals surface area contributed by atoms with Crippen LogP contribution in [0.2, 0.25) is 0 Å². The number of carboxylic acid groups (broad SMARTS) is 1. The molecule has 3 rings (SSSR count). The quantitative estimate of drug-likeness (QED) is 0.659. The number of nitrogens with zero attached hydrogens (tertiary/aromatic N) is 2. The predicted octanol–water partition coefficient (Wildman–Crippen LogP) is 3.54. The number of esters is 1. The molecule has 30 heavy (non-hydrogen) atoms. The third-order valence-corrected chi connectivity index (χ3v) is 5.97. The van der Waals surface area contributed by atoms with Crippen molar-refractivity contribution in [2.75, 3.05) is 0 Å². The number of aliphatic imine (C=N–C) groups is 1. The van der Waals surface area contributed by atoms with Gasteiger partial charge in [-0.05, 0) is 35.7 Å². The first kappa shape index (κ1) is 21.4. The molecule has 7 nitrogen and oxygen atoms in total. The lowest BCUT2D eigenvalue weighted by Gasteiger charge is -2.24. The lowest BCUT2D eigenvalue weighted by Crippen LogP contribution is -2.34. The number of rotatable bonds is 7. The van der Waals surface area contributed by atoms with Crippen LogP contribution in [-0.2, 0) is 25.0 Å². The summed E-state index contributed by atoms with van der Waals surface area (Å²) in [5.41, 5.74) is 6.73. The van der Waals surface area contributed by atoms with Crippen molar-refractivity contribution < 1.29 is 19.4 Å². The Labute approximate surface area is 177 Å². The second-order valence-electron chi connectivity index (χ2n) is 7.20. The zero-order valence-corrected chi connectivity index (χ0v) is 17.5. The van der Waals surface area contributed by atoms with E-state index in [0.29, 0.717) is 5.70 Å². The van der Waals surface area contributed by atoms with Crippen LogP contribution in [0.15, 0.2) is 81.1 Å². The molecule has 0 saturated carbocycles. The van der Waals surface area contributed by atoms with Crippen molar-refractivity contribution in [1.82, 2.24) is 0 Å². The maximum Gasteiger partial charge on any atom is 0.335 e. The van der Waals surface area contributed by atoms with Crippen LogP contribution in [0.3, 0.4) is 0 Å². The Bertz CT molecular complexity index is 991. The predicted molar refractivity (Wildman–Crippen MR) is 117 cm³/mol. The van der Waals surface area contributed by atoms with Crippen LogP contribution in [0.1, 0.15) is 37.5 Å². The lowest BCUT2D eigenvalue weighted by atomic mass is 10.0. The number of carboxylic acids is 1. The van der Waals surface area contributed by atoms with Gasteiger partial charge in [-0.3, -0.25) is 4.79 Å². The summed E-state index contributed by atoms with van der Waals surface area (Å²) < 4.78 is 10.4. The molecule has 1 aliphatic rings. The van der Waals surface area contributed by atoms with Gasteiger partial charge in [-0.15, -0.1) is 0 Å². The van der Waals surface area contributed by atoms with Crippen molar-refractivity contribution in [2.45, 2.75) is 31.9 Å². The Balaban J connectivity index is 1.86. The van der Waals surface area contributed by atoms with Crippen molar-refractivity contribution in [3.8, 4) is 0 Å². The number of aliphatic carboxylic acids is 1. The van der Waals surface area contributed by atoms with Gasteiger partial charge in [0.1, 0.15) is 0 Å². The summed E-state index contributed by atoms with van der Waals surface area (Å²) in [4.78, 5) is 28.0. The van der Waals surface area contributed by atoms with E-state index in [1.54, 1.807) is 19.3 Å². The van der Waals surface area contributed by atoms with Gasteiger partial charge in [0.15, 0.2) is 16.8 Å². The van der Waals surface area contributed by atoms with Gasteiger partial charge in [-0.25, -0.2) is 14.1 Å². The van der Waals surface area contributed by atoms with Gasteiger partial charge in [-0.2, -0.15) is 0 Å². The third-order valence-electron chi connectivity index (χ3n) is 4.30. The van der Waals surface area contributed by atoms with E-state index in [1.165, 1.54) is 0 Å². The topological polar surface area (TPSA) is 114 Å². The van der Waals surface area contributed by atoms with Crippen molar-refractivity contribution in [3.63, 3.8) is 0 Å². The fourth-order valence-corrected chi connectivity index (χ4v) is 4.27. The molecule has 1 atom stereocenters. The molecule has 0 saturated heterocycles. The number of ether oxygens (including phenoxy) is 1. The van der Waals surface area contributed by atoms with Crippen LogP contribution in [0, 0.1) is 0 Å². The minimum atomic E-state index is -1.21. The summed E-state index contributed by atoms with van der Waals surface area (Å²) in [5.74, 6) is -1.52. The van der Waals surface area contributed by atoms with Gasteiger partial charge in [0.05, 0.1) is 12.1 Å². The highest BCUT2D eigenvalue weighted by Crippen LogP contribution is 2.29. The molecule has 0 aromatic heterocycles. The van der Waals surface area contributed by atoms with E-state index in [-0.39, 0.29) is 11.6 Å². The van der Waals surface area contributed by atoms with E-state index < -0.39 is 34.3 Å². The fraction of sp³-hybridized carbons (Fsp3) is 0.227. The summed E-state index contributed by atoms with van der Waals surface area (Å²) >= 11 is 0. The number of nitrogens with two attached hydrogens (primary N) is 1. The van der Waals surface area contributed by atoms with Crippen LogP contribution < -0.4 is 5.73 Å². The largest absolute Gasteiger partial charge is 0.481 e. The van der Waals surface area contributed by atoms with Gasteiger partial charge >= 0.3 is 11.9 Å². The first-order chi connectivity index (χ1) is 14.3. The van der Waals surface area contributed by atoms with Gasteiger partial charge in [0.25, 0.3) is 0 Å². The molecule has 0 fully saturated rings. The minimum Gasteiger partial charge on any atom is -0.481 e. The zero-order chi connectivity index (χ0) is 21.7. The highest BCUT2D eigenvalue weighted by Gasteiger charge is 2.33. The van der Waals surface area contributed by atoms with Crippen LogP contribution in [-0.4, -0.2) is 27.8 Å². The molecule has 0 spiro atoms. The van der Waals surface area contributed by atoms with Crippen molar-refractivity contribution >= 4 is 27.8 Å². The summed E-state index contributed by atoms with van der Waals surface area (Å²) in [5, 5.41) is 10.7. The van der Waals surface area contributed by atoms with E-state index in [4.69, 9.17) is 15.6 Å². The first-order valence-corrected chi connectivity index (χ1v) is 10.5. The van der Waals surface area contributed by atoms with E-state index >= 15 is 0 Å². The molecule has 1 unspecified atom stereocenters. The molecule has 2 aromatic rings.